The third kappa shape index (κ3) is 3.31. The van der Waals surface area contributed by atoms with Crippen LogP contribution in [0.5, 0.6) is 5.75 Å². The van der Waals surface area contributed by atoms with Gasteiger partial charge in [0.05, 0.1) is 19.0 Å². The van der Waals surface area contributed by atoms with E-state index in [2.05, 4.69) is 23.9 Å². The highest BCUT2D eigenvalue weighted by Gasteiger charge is 2.02. The maximum absolute atomic E-state index is 5.62. The quantitative estimate of drug-likeness (QED) is 0.793. The zero-order valence-electron chi connectivity index (χ0n) is 10.2. The first-order chi connectivity index (χ1) is 8.25. The topological polar surface area (TPSA) is 39.9 Å². The molecule has 0 bridgehead atoms. The molecule has 17 heavy (non-hydrogen) atoms. The van der Waals surface area contributed by atoms with E-state index >= 15 is 0 Å². The molecule has 0 spiro atoms. The molecule has 0 saturated carbocycles. The van der Waals surface area contributed by atoms with Crippen molar-refractivity contribution in [3.63, 3.8) is 0 Å². The van der Waals surface area contributed by atoms with Gasteiger partial charge in [0.25, 0.3) is 0 Å². The van der Waals surface area contributed by atoms with Gasteiger partial charge in [-0.05, 0) is 26.0 Å². The SMILES string of the molecule is CC(C)n1cc(OCCc2ccccn2)cn1. The lowest BCUT2D eigenvalue weighted by atomic mass is 10.3. The van der Waals surface area contributed by atoms with E-state index in [-0.39, 0.29) is 0 Å². The maximum Gasteiger partial charge on any atom is 0.157 e. The number of hydrogen-bond acceptors (Lipinski definition) is 3. The lowest BCUT2D eigenvalue weighted by molar-refractivity contribution is 0.319. The van der Waals surface area contributed by atoms with Gasteiger partial charge in [0, 0.05) is 24.4 Å². The Kier molecular flexibility index (Phi) is 3.75. The number of nitrogens with zero attached hydrogens (tertiary/aromatic N) is 3. The molecule has 0 aliphatic rings. The van der Waals surface area contributed by atoms with Crippen LogP contribution in [0.15, 0.2) is 36.8 Å². The van der Waals surface area contributed by atoms with Gasteiger partial charge in [-0.3, -0.25) is 9.67 Å². The van der Waals surface area contributed by atoms with Gasteiger partial charge in [-0.2, -0.15) is 5.10 Å². The second-order valence-corrected chi connectivity index (χ2v) is 4.17. The Bertz CT molecular complexity index is 451. The van der Waals surface area contributed by atoms with Crippen LogP contribution in [0.1, 0.15) is 25.6 Å². The largest absolute Gasteiger partial charge is 0.490 e. The highest BCUT2D eigenvalue weighted by Crippen LogP contribution is 2.12. The van der Waals surface area contributed by atoms with Crippen LogP contribution in [0.25, 0.3) is 0 Å². The Morgan fingerprint density at radius 2 is 2.24 bits per heavy atom. The molecule has 0 N–H and O–H groups in total. The van der Waals surface area contributed by atoms with Gasteiger partial charge >= 0.3 is 0 Å². The van der Waals surface area contributed by atoms with Crippen LogP contribution in [0.3, 0.4) is 0 Å². The molecule has 0 aliphatic carbocycles. The minimum atomic E-state index is 0.364. The van der Waals surface area contributed by atoms with Gasteiger partial charge in [0.1, 0.15) is 0 Å². The number of pyridine rings is 1. The molecular formula is C13H17N3O. The zero-order valence-corrected chi connectivity index (χ0v) is 10.2. The van der Waals surface area contributed by atoms with E-state index in [0.717, 1.165) is 17.9 Å². The van der Waals surface area contributed by atoms with E-state index in [1.165, 1.54) is 0 Å². The van der Waals surface area contributed by atoms with E-state index in [1.807, 2.05) is 29.1 Å². The number of rotatable bonds is 5. The molecule has 2 rings (SSSR count). The van der Waals surface area contributed by atoms with Crippen LogP contribution >= 0.6 is 0 Å². The first-order valence-corrected chi connectivity index (χ1v) is 5.82. The molecular weight excluding hydrogens is 214 g/mol. The highest BCUT2D eigenvalue weighted by molar-refractivity contribution is 5.12. The van der Waals surface area contributed by atoms with E-state index < -0.39 is 0 Å². The third-order valence-electron chi connectivity index (χ3n) is 2.46. The first-order valence-electron chi connectivity index (χ1n) is 5.82. The fraction of sp³-hybridized carbons (Fsp3) is 0.385. The summed E-state index contributed by atoms with van der Waals surface area (Å²) in [7, 11) is 0. The zero-order chi connectivity index (χ0) is 12.1. The molecule has 0 saturated heterocycles. The van der Waals surface area contributed by atoms with Gasteiger partial charge in [-0.25, -0.2) is 0 Å². The van der Waals surface area contributed by atoms with E-state index in [9.17, 15) is 0 Å². The van der Waals surface area contributed by atoms with Gasteiger partial charge in [0.15, 0.2) is 5.75 Å². The summed E-state index contributed by atoms with van der Waals surface area (Å²) in [5, 5.41) is 4.22. The van der Waals surface area contributed by atoms with Crippen LogP contribution in [0, 0.1) is 0 Å². The van der Waals surface area contributed by atoms with Crippen molar-refractivity contribution in [1.29, 1.82) is 0 Å². The normalized spacial score (nSPS) is 10.8. The van der Waals surface area contributed by atoms with E-state index in [1.54, 1.807) is 12.4 Å². The predicted octanol–water partition coefficient (Wildman–Crippen LogP) is 2.48. The Morgan fingerprint density at radius 1 is 1.35 bits per heavy atom. The number of aromatic nitrogens is 3. The molecule has 0 radical (unpaired) electrons. The third-order valence-corrected chi connectivity index (χ3v) is 2.46. The summed E-state index contributed by atoms with van der Waals surface area (Å²) in [6.45, 7) is 4.80. The molecule has 0 unspecified atom stereocenters. The van der Waals surface area contributed by atoms with Crippen molar-refractivity contribution in [1.82, 2.24) is 14.8 Å². The van der Waals surface area contributed by atoms with Crippen LogP contribution in [-0.2, 0) is 6.42 Å². The second-order valence-electron chi connectivity index (χ2n) is 4.17. The van der Waals surface area contributed by atoms with Crippen molar-refractivity contribution in [3.05, 3.63) is 42.5 Å². The summed E-state index contributed by atoms with van der Waals surface area (Å²) in [6, 6.07) is 6.26. The van der Waals surface area contributed by atoms with Crippen molar-refractivity contribution in [2.75, 3.05) is 6.61 Å². The van der Waals surface area contributed by atoms with E-state index in [0.29, 0.717) is 12.6 Å². The van der Waals surface area contributed by atoms with Crippen molar-refractivity contribution in [2.24, 2.45) is 0 Å². The molecule has 0 aliphatic heterocycles. The predicted molar refractivity (Wildman–Crippen MR) is 66.0 cm³/mol. The summed E-state index contributed by atoms with van der Waals surface area (Å²) < 4.78 is 7.50. The monoisotopic (exact) mass is 231 g/mol. The van der Waals surface area contributed by atoms with Crippen LogP contribution in [0.4, 0.5) is 0 Å². The van der Waals surface area contributed by atoms with Crippen molar-refractivity contribution in [2.45, 2.75) is 26.3 Å². The second kappa shape index (κ2) is 5.48. The summed E-state index contributed by atoms with van der Waals surface area (Å²) in [4.78, 5) is 4.24. The molecule has 0 fully saturated rings. The maximum atomic E-state index is 5.62. The Labute approximate surface area is 101 Å². The molecule has 90 valence electrons. The summed E-state index contributed by atoms with van der Waals surface area (Å²) >= 11 is 0. The Balaban J connectivity index is 1.82. The lowest BCUT2D eigenvalue weighted by Crippen LogP contribution is -2.02. The molecule has 4 nitrogen and oxygen atoms in total. The van der Waals surface area contributed by atoms with E-state index in [4.69, 9.17) is 4.74 Å². The molecule has 0 amide bonds. The number of ether oxygens (including phenoxy) is 1. The average Bonchev–Trinajstić information content (AvgIpc) is 2.79. The first kappa shape index (κ1) is 11.6. The van der Waals surface area contributed by atoms with Crippen molar-refractivity contribution >= 4 is 0 Å². The van der Waals surface area contributed by atoms with Gasteiger partial charge < -0.3 is 4.74 Å². The van der Waals surface area contributed by atoms with Gasteiger partial charge in [-0.1, -0.05) is 6.07 Å². The Hall–Kier alpha value is -1.84. The average molecular weight is 231 g/mol. The summed E-state index contributed by atoms with van der Waals surface area (Å²) in [5.74, 6) is 0.814. The van der Waals surface area contributed by atoms with Crippen molar-refractivity contribution < 1.29 is 4.74 Å². The van der Waals surface area contributed by atoms with Crippen LogP contribution in [0.2, 0.25) is 0 Å². The van der Waals surface area contributed by atoms with Crippen LogP contribution in [-0.4, -0.2) is 21.4 Å². The summed E-state index contributed by atoms with van der Waals surface area (Å²) in [5.41, 5.74) is 1.05. The van der Waals surface area contributed by atoms with Gasteiger partial charge in [-0.15, -0.1) is 0 Å². The molecule has 0 aromatic carbocycles. The Morgan fingerprint density at radius 3 is 2.88 bits per heavy atom. The van der Waals surface area contributed by atoms with Crippen molar-refractivity contribution in [3.8, 4) is 5.75 Å². The van der Waals surface area contributed by atoms with Crippen LogP contribution < -0.4 is 4.74 Å². The molecule has 4 heteroatoms. The number of hydrogen-bond donors (Lipinski definition) is 0. The fourth-order valence-corrected chi connectivity index (χ4v) is 1.50. The standard InChI is InChI=1S/C13H17N3O/c1-11(2)16-10-13(9-15-16)17-8-6-12-5-3-4-7-14-12/h3-5,7,9-11H,6,8H2,1-2H3. The minimum Gasteiger partial charge on any atom is -0.490 e. The van der Waals surface area contributed by atoms with Gasteiger partial charge in [0.2, 0.25) is 0 Å². The molecule has 2 heterocycles. The lowest BCUT2D eigenvalue weighted by Gasteiger charge is -2.04. The highest BCUT2D eigenvalue weighted by atomic mass is 16.5. The molecule has 0 atom stereocenters. The minimum absolute atomic E-state index is 0.364. The fourth-order valence-electron chi connectivity index (χ4n) is 1.50. The molecule has 2 aromatic rings. The molecule has 2 aromatic heterocycles. The summed E-state index contributed by atoms with van der Waals surface area (Å²) in [6.07, 6.45) is 6.28. The smallest absolute Gasteiger partial charge is 0.157 e.